The number of carbonyl (C=O) groups excluding carboxylic acids is 1. The first-order valence-corrected chi connectivity index (χ1v) is 8.07. The maximum atomic E-state index is 11.3. The van der Waals surface area contributed by atoms with E-state index >= 15 is 0 Å². The van der Waals surface area contributed by atoms with Gasteiger partial charge in [-0.1, -0.05) is 48.5 Å². The Hall–Kier alpha value is -3.48. The Morgan fingerprint density at radius 1 is 1.19 bits per heavy atom. The third-order valence-corrected chi connectivity index (χ3v) is 4.15. The van der Waals surface area contributed by atoms with E-state index in [0.717, 1.165) is 22.3 Å². The van der Waals surface area contributed by atoms with Crippen LogP contribution >= 0.6 is 0 Å². The van der Waals surface area contributed by atoms with E-state index in [0.29, 0.717) is 12.4 Å². The second-order valence-corrected chi connectivity index (χ2v) is 6.03. The summed E-state index contributed by atoms with van der Waals surface area (Å²) in [7, 11) is 0. The lowest BCUT2D eigenvalue weighted by molar-refractivity contribution is -0.389. The second-order valence-electron chi connectivity index (χ2n) is 6.03. The highest BCUT2D eigenvalue weighted by molar-refractivity contribution is 5.80. The molecule has 0 fully saturated rings. The SMILES string of the molecule is Cc1nc([N+](=O)[O-])cn1Cc1ccc(-c2ccccc2CC(N)=O)cc1. The molecule has 3 aromatic rings. The highest BCUT2D eigenvalue weighted by atomic mass is 16.6. The predicted octanol–water partition coefficient (Wildman–Crippen LogP) is 2.84. The number of benzene rings is 2. The molecule has 0 aliphatic rings. The molecule has 0 atom stereocenters. The zero-order chi connectivity index (χ0) is 18.7. The van der Waals surface area contributed by atoms with Crippen molar-refractivity contribution in [2.24, 2.45) is 5.73 Å². The molecule has 1 amide bonds. The highest BCUT2D eigenvalue weighted by Gasteiger charge is 2.15. The first-order valence-electron chi connectivity index (χ1n) is 8.07. The first kappa shape index (κ1) is 17.3. The first-order chi connectivity index (χ1) is 12.4. The quantitative estimate of drug-likeness (QED) is 0.545. The molecule has 7 nitrogen and oxygen atoms in total. The number of hydrogen-bond acceptors (Lipinski definition) is 4. The summed E-state index contributed by atoms with van der Waals surface area (Å²) in [5.41, 5.74) is 9.15. The van der Waals surface area contributed by atoms with Crippen molar-refractivity contribution in [2.45, 2.75) is 19.9 Å². The van der Waals surface area contributed by atoms with Gasteiger partial charge in [0.1, 0.15) is 6.20 Å². The molecule has 7 heteroatoms. The van der Waals surface area contributed by atoms with Crippen LogP contribution in [0.5, 0.6) is 0 Å². The summed E-state index contributed by atoms with van der Waals surface area (Å²) in [6, 6.07) is 15.5. The molecule has 0 unspecified atom stereocenters. The van der Waals surface area contributed by atoms with Gasteiger partial charge in [0.15, 0.2) is 0 Å². The smallest absolute Gasteiger partial charge is 0.369 e. The van der Waals surface area contributed by atoms with E-state index in [1.807, 2.05) is 48.5 Å². The van der Waals surface area contributed by atoms with Crippen LogP contribution in [0.4, 0.5) is 5.82 Å². The van der Waals surface area contributed by atoms with E-state index in [1.165, 1.54) is 6.20 Å². The Morgan fingerprint density at radius 3 is 2.50 bits per heavy atom. The Bertz CT molecular complexity index is 961. The van der Waals surface area contributed by atoms with Crippen molar-refractivity contribution in [3.05, 3.63) is 81.8 Å². The fourth-order valence-corrected chi connectivity index (χ4v) is 2.87. The molecule has 0 radical (unpaired) electrons. The average molecular weight is 350 g/mol. The second kappa shape index (κ2) is 7.18. The summed E-state index contributed by atoms with van der Waals surface area (Å²) in [6.07, 6.45) is 1.63. The zero-order valence-corrected chi connectivity index (χ0v) is 14.3. The van der Waals surface area contributed by atoms with Crippen LogP contribution in [0, 0.1) is 17.0 Å². The van der Waals surface area contributed by atoms with E-state index in [4.69, 9.17) is 5.73 Å². The summed E-state index contributed by atoms with van der Waals surface area (Å²) < 4.78 is 1.74. The van der Waals surface area contributed by atoms with Gasteiger partial charge >= 0.3 is 5.82 Å². The maximum absolute atomic E-state index is 11.3. The lowest BCUT2D eigenvalue weighted by Gasteiger charge is -2.09. The van der Waals surface area contributed by atoms with Gasteiger partial charge in [0.2, 0.25) is 11.7 Å². The van der Waals surface area contributed by atoms with Crippen LogP contribution in [-0.2, 0) is 17.8 Å². The molecule has 132 valence electrons. The van der Waals surface area contributed by atoms with Crippen LogP contribution in [0.2, 0.25) is 0 Å². The summed E-state index contributed by atoms with van der Waals surface area (Å²) in [5, 5.41) is 10.8. The van der Waals surface area contributed by atoms with Gasteiger partial charge in [-0.3, -0.25) is 4.79 Å². The Labute approximate surface area is 150 Å². The molecule has 0 saturated carbocycles. The number of nitro groups is 1. The number of nitrogens with two attached hydrogens (primary N) is 1. The minimum atomic E-state index is -0.498. The van der Waals surface area contributed by atoms with Gasteiger partial charge in [-0.15, -0.1) is 0 Å². The minimum Gasteiger partial charge on any atom is -0.369 e. The molecule has 1 aromatic heterocycles. The van der Waals surface area contributed by atoms with Gasteiger partial charge < -0.3 is 20.4 Å². The number of aromatic nitrogens is 2. The molecule has 3 rings (SSSR count). The maximum Gasteiger partial charge on any atom is 0.381 e. The van der Waals surface area contributed by atoms with Crippen LogP contribution < -0.4 is 5.73 Å². The third-order valence-electron chi connectivity index (χ3n) is 4.15. The highest BCUT2D eigenvalue weighted by Crippen LogP contribution is 2.25. The number of imidazole rings is 1. The van der Waals surface area contributed by atoms with Crippen LogP contribution in [0.3, 0.4) is 0 Å². The van der Waals surface area contributed by atoms with E-state index in [2.05, 4.69) is 4.98 Å². The van der Waals surface area contributed by atoms with E-state index < -0.39 is 4.92 Å². The molecule has 0 bridgehead atoms. The number of nitrogens with zero attached hydrogens (tertiary/aromatic N) is 3. The predicted molar refractivity (Wildman–Crippen MR) is 97.5 cm³/mol. The van der Waals surface area contributed by atoms with Crippen molar-refractivity contribution in [1.82, 2.24) is 9.55 Å². The summed E-state index contributed by atoms with van der Waals surface area (Å²) in [6.45, 7) is 2.23. The van der Waals surface area contributed by atoms with Crippen molar-refractivity contribution in [2.75, 3.05) is 0 Å². The van der Waals surface area contributed by atoms with Gasteiger partial charge in [0.05, 0.1) is 13.0 Å². The molecule has 0 spiro atoms. The minimum absolute atomic E-state index is 0.153. The van der Waals surface area contributed by atoms with Crippen molar-refractivity contribution < 1.29 is 9.72 Å². The molecule has 0 aliphatic heterocycles. The van der Waals surface area contributed by atoms with Crippen molar-refractivity contribution in [3.63, 3.8) is 0 Å². The molecule has 0 saturated heterocycles. The molecular weight excluding hydrogens is 332 g/mol. The van der Waals surface area contributed by atoms with Crippen molar-refractivity contribution in [3.8, 4) is 11.1 Å². The van der Waals surface area contributed by atoms with E-state index in [1.54, 1.807) is 11.5 Å². The molecule has 26 heavy (non-hydrogen) atoms. The number of amides is 1. The number of aryl methyl sites for hydroxylation is 1. The van der Waals surface area contributed by atoms with Gasteiger partial charge in [0.25, 0.3) is 0 Å². The fraction of sp³-hybridized carbons (Fsp3) is 0.158. The van der Waals surface area contributed by atoms with Crippen molar-refractivity contribution in [1.29, 1.82) is 0 Å². The molecule has 2 N–H and O–H groups in total. The summed E-state index contributed by atoms with van der Waals surface area (Å²) >= 11 is 0. The molecule has 0 aliphatic carbocycles. The van der Waals surface area contributed by atoms with Crippen LogP contribution in [-0.4, -0.2) is 20.4 Å². The van der Waals surface area contributed by atoms with Crippen LogP contribution in [0.1, 0.15) is 17.0 Å². The fourth-order valence-electron chi connectivity index (χ4n) is 2.87. The lowest BCUT2D eigenvalue weighted by Crippen LogP contribution is -2.14. The van der Waals surface area contributed by atoms with Gasteiger partial charge in [0, 0.05) is 6.92 Å². The normalized spacial score (nSPS) is 10.7. The molecule has 1 heterocycles. The van der Waals surface area contributed by atoms with Crippen LogP contribution in [0.25, 0.3) is 11.1 Å². The largest absolute Gasteiger partial charge is 0.381 e. The lowest BCUT2D eigenvalue weighted by atomic mass is 9.97. The molecular formula is C19H18N4O3. The van der Waals surface area contributed by atoms with Crippen LogP contribution in [0.15, 0.2) is 54.7 Å². The van der Waals surface area contributed by atoms with Gasteiger partial charge in [-0.05, 0) is 32.2 Å². The number of rotatable bonds is 6. The number of carbonyl (C=O) groups is 1. The van der Waals surface area contributed by atoms with Crippen molar-refractivity contribution >= 4 is 11.7 Å². The Balaban J connectivity index is 1.84. The number of hydrogen-bond donors (Lipinski definition) is 1. The monoisotopic (exact) mass is 350 g/mol. The Morgan fingerprint density at radius 2 is 1.88 bits per heavy atom. The van der Waals surface area contributed by atoms with E-state index in [9.17, 15) is 14.9 Å². The van der Waals surface area contributed by atoms with Gasteiger partial charge in [-0.2, -0.15) is 0 Å². The van der Waals surface area contributed by atoms with E-state index in [-0.39, 0.29) is 18.1 Å². The summed E-state index contributed by atoms with van der Waals surface area (Å²) in [5.74, 6) is 0.0679. The zero-order valence-electron chi connectivity index (χ0n) is 14.3. The Kier molecular flexibility index (Phi) is 4.79. The van der Waals surface area contributed by atoms with Gasteiger partial charge in [-0.25, -0.2) is 0 Å². The standard InChI is InChI=1S/C19H18N4O3/c1-13-21-19(23(25)26)12-22(13)11-14-6-8-15(9-7-14)17-5-3-2-4-16(17)10-18(20)24/h2-9,12H,10-11H2,1H3,(H2,20,24). The topological polar surface area (TPSA) is 104 Å². The summed E-state index contributed by atoms with van der Waals surface area (Å²) in [4.78, 5) is 25.5. The number of primary amides is 1. The average Bonchev–Trinajstić information content (AvgIpc) is 2.97. The third kappa shape index (κ3) is 3.77. The molecule has 2 aromatic carbocycles.